The zero-order valence-corrected chi connectivity index (χ0v) is 15.7. The van der Waals surface area contributed by atoms with Crippen LogP contribution in [0.2, 0.25) is 0 Å². The van der Waals surface area contributed by atoms with E-state index in [0.29, 0.717) is 10.4 Å². The fourth-order valence-electron chi connectivity index (χ4n) is 2.77. The van der Waals surface area contributed by atoms with Crippen LogP contribution < -0.4 is 5.73 Å². The van der Waals surface area contributed by atoms with Crippen molar-refractivity contribution in [2.45, 2.75) is 11.8 Å². The number of carbonyl (C=O) groups excluding carboxylic acids is 1. The second kappa shape index (κ2) is 6.66. The number of thiophene rings is 1. The largest absolute Gasteiger partial charge is 0.365 e. The van der Waals surface area contributed by atoms with Crippen molar-refractivity contribution in [2.75, 3.05) is 6.26 Å². The molecular formula is C19H16FNO3S2. The van der Waals surface area contributed by atoms with Crippen molar-refractivity contribution < 1.29 is 17.6 Å². The van der Waals surface area contributed by atoms with Crippen LogP contribution in [0.5, 0.6) is 0 Å². The van der Waals surface area contributed by atoms with Gasteiger partial charge in [0.25, 0.3) is 5.91 Å². The number of amides is 1. The number of carbonyl (C=O) groups is 1. The highest BCUT2D eigenvalue weighted by Gasteiger charge is 2.21. The van der Waals surface area contributed by atoms with E-state index in [9.17, 15) is 17.6 Å². The molecule has 1 heterocycles. The topological polar surface area (TPSA) is 77.2 Å². The Balaban J connectivity index is 2.22. The van der Waals surface area contributed by atoms with Gasteiger partial charge in [-0.05, 0) is 47.9 Å². The third kappa shape index (κ3) is 3.40. The van der Waals surface area contributed by atoms with Crippen molar-refractivity contribution in [2.24, 2.45) is 5.73 Å². The minimum absolute atomic E-state index is 0.215. The lowest BCUT2D eigenvalue weighted by Crippen LogP contribution is -2.10. The van der Waals surface area contributed by atoms with Crippen LogP contribution in [-0.2, 0) is 9.84 Å². The van der Waals surface area contributed by atoms with Gasteiger partial charge in [0.05, 0.1) is 9.77 Å². The highest BCUT2D eigenvalue weighted by atomic mass is 32.2. The molecule has 0 spiro atoms. The second-order valence-corrected chi connectivity index (χ2v) is 8.96. The van der Waals surface area contributed by atoms with E-state index < -0.39 is 15.7 Å². The summed E-state index contributed by atoms with van der Waals surface area (Å²) in [4.78, 5) is 13.2. The molecule has 1 aromatic heterocycles. The van der Waals surface area contributed by atoms with E-state index in [1.807, 2.05) is 0 Å². The van der Waals surface area contributed by atoms with Gasteiger partial charge in [0.15, 0.2) is 9.84 Å². The summed E-state index contributed by atoms with van der Waals surface area (Å²) < 4.78 is 36.6. The van der Waals surface area contributed by atoms with Gasteiger partial charge in [-0.25, -0.2) is 12.8 Å². The summed E-state index contributed by atoms with van der Waals surface area (Å²) in [7, 11) is -3.30. The highest BCUT2D eigenvalue weighted by molar-refractivity contribution is 7.90. The lowest BCUT2D eigenvalue weighted by atomic mass is 9.98. The van der Waals surface area contributed by atoms with Gasteiger partial charge in [-0.3, -0.25) is 4.79 Å². The lowest BCUT2D eigenvalue weighted by molar-refractivity contribution is 0.100. The summed E-state index contributed by atoms with van der Waals surface area (Å²) in [5.74, 6) is -0.883. The molecule has 3 aromatic rings. The van der Waals surface area contributed by atoms with Crippen LogP contribution in [-0.4, -0.2) is 20.6 Å². The van der Waals surface area contributed by atoms with Crippen molar-refractivity contribution in [1.29, 1.82) is 0 Å². The fourth-order valence-corrected chi connectivity index (χ4v) is 4.59. The molecule has 0 fully saturated rings. The first-order chi connectivity index (χ1) is 12.2. The van der Waals surface area contributed by atoms with E-state index in [1.54, 1.807) is 31.2 Å². The van der Waals surface area contributed by atoms with Gasteiger partial charge in [-0.1, -0.05) is 24.3 Å². The lowest BCUT2D eigenvalue weighted by Gasteiger charge is -2.08. The Bertz CT molecular complexity index is 1080. The van der Waals surface area contributed by atoms with Crippen molar-refractivity contribution in [3.8, 4) is 21.6 Å². The van der Waals surface area contributed by atoms with Crippen LogP contribution in [0.1, 0.15) is 15.2 Å². The predicted octanol–water partition coefficient (Wildman–Crippen LogP) is 4.03. The summed E-state index contributed by atoms with van der Waals surface area (Å²) in [6.45, 7) is 1.80. The van der Waals surface area contributed by atoms with E-state index in [0.717, 1.165) is 27.8 Å². The number of hydrogen-bond donors (Lipinski definition) is 1. The first-order valence-electron chi connectivity index (χ1n) is 7.68. The second-order valence-electron chi connectivity index (χ2n) is 5.93. The fraction of sp³-hybridized carbons (Fsp3) is 0.105. The summed E-state index contributed by atoms with van der Waals surface area (Å²) in [5, 5.41) is 0. The SMILES string of the molecule is Cc1c(C(N)=O)sc(-c2ccc(F)cc2)c1-c1ccc(S(C)(=O)=O)cc1. The monoisotopic (exact) mass is 389 g/mol. The van der Waals surface area contributed by atoms with E-state index in [1.165, 1.54) is 35.6 Å². The van der Waals surface area contributed by atoms with Crippen molar-refractivity contribution in [3.63, 3.8) is 0 Å². The molecule has 134 valence electrons. The van der Waals surface area contributed by atoms with E-state index >= 15 is 0 Å². The van der Waals surface area contributed by atoms with Crippen LogP contribution in [0.3, 0.4) is 0 Å². The summed E-state index contributed by atoms with van der Waals surface area (Å²) >= 11 is 1.24. The van der Waals surface area contributed by atoms with Gasteiger partial charge >= 0.3 is 0 Å². The molecule has 0 radical (unpaired) electrons. The van der Waals surface area contributed by atoms with Gasteiger partial charge in [0, 0.05) is 16.7 Å². The Kier molecular flexibility index (Phi) is 4.68. The van der Waals surface area contributed by atoms with E-state index in [-0.39, 0.29) is 10.7 Å². The van der Waals surface area contributed by atoms with Crippen LogP contribution in [0, 0.1) is 12.7 Å². The molecular weight excluding hydrogens is 373 g/mol. The van der Waals surface area contributed by atoms with Crippen molar-refractivity contribution in [1.82, 2.24) is 0 Å². The number of hydrogen-bond acceptors (Lipinski definition) is 4. The smallest absolute Gasteiger partial charge is 0.259 e. The van der Waals surface area contributed by atoms with Crippen LogP contribution in [0.4, 0.5) is 4.39 Å². The first kappa shape index (κ1) is 18.3. The summed E-state index contributed by atoms with van der Waals surface area (Å²) in [6.07, 6.45) is 1.15. The van der Waals surface area contributed by atoms with Crippen LogP contribution in [0.15, 0.2) is 53.4 Å². The van der Waals surface area contributed by atoms with Crippen LogP contribution in [0.25, 0.3) is 21.6 Å². The van der Waals surface area contributed by atoms with Gasteiger partial charge in [-0.2, -0.15) is 0 Å². The molecule has 0 saturated carbocycles. The van der Waals surface area contributed by atoms with Gasteiger partial charge < -0.3 is 5.73 Å². The Morgan fingerprint density at radius 3 is 2.04 bits per heavy atom. The Morgan fingerprint density at radius 1 is 1.00 bits per heavy atom. The first-order valence-corrected chi connectivity index (χ1v) is 10.4. The Morgan fingerprint density at radius 2 is 1.54 bits per heavy atom. The zero-order valence-electron chi connectivity index (χ0n) is 14.1. The molecule has 7 heteroatoms. The molecule has 26 heavy (non-hydrogen) atoms. The molecule has 2 N–H and O–H groups in total. The minimum Gasteiger partial charge on any atom is -0.365 e. The molecule has 0 atom stereocenters. The maximum absolute atomic E-state index is 13.3. The average Bonchev–Trinajstić information content (AvgIpc) is 2.92. The molecule has 2 aromatic carbocycles. The van der Waals surface area contributed by atoms with Crippen LogP contribution >= 0.6 is 11.3 Å². The number of halogens is 1. The van der Waals surface area contributed by atoms with Crippen molar-refractivity contribution >= 4 is 27.1 Å². The number of nitrogens with two attached hydrogens (primary N) is 1. The summed E-state index contributed by atoms with van der Waals surface area (Å²) in [6, 6.07) is 12.4. The van der Waals surface area contributed by atoms with Gasteiger partial charge in [0.2, 0.25) is 0 Å². The molecule has 4 nitrogen and oxygen atoms in total. The maximum atomic E-state index is 13.3. The number of benzene rings is 2. The molecule has 3 rings (SSSR count). The standard InChI is InChI=1S/C19H16FNO3S2/c1-11-16(12-5-9-15(10-6-12)26(2,23)24)18(25-17(11)19(21)22)13-3-7-14(20)8-4-13/h3-10H,1-2H3,(H2,21,22). The molecule has 0 saturated heterocycles. The van der Waals surface area contributed by atoms with E-state index in [2.05, 4.69) is 0 Å². The summed E-state index contributed by atoms with van der Waals surface area (Å²) in [5.41, 5.74) is 8.52. The molecule has 0 aliphatic heterocycles. The van der Waals surface area contributed by atoms with Gasteiger partial charge in [-0.15, -0.1) is 11.3 Å². The molecule has 0 unspecified atom stereocenters. The zero-order chi connectivity index (χ0) is 19.1. The normalized spacial score (nSPS) is 11.5. The molecule has 1 amide bonds. The van der Waals surface area contributed by atoms with E-state index in [4.69, 9.17) is 5.73 Å². The average molecular weight is 389 g/mol. The Hall–Kier alpha value is -2.51. The minimum atomic E-state index is -3.30. The van der Waals surface area contributed by atoms with Gasteiger partial charge in [0.1, 0.15) is 5.82 Å². The van der Waals surface area contributed by atoms with Crippen molar-refractivity contribution in [3.05, 3.63) is 64.8 Å². The third-order valence-electron chi connectivity index (χ3n) is 4.05. The number of rotatable bonds is 4. The molecule has 0 aliphatic carbocycles. The quantitative estimate of drug-likeness (QED) is 0.732. The Labute approximate surface area is 155 Å². The highest BCUT2D eigenvalue weighted by Crippen LogP contribution is 2.43. The molecule has 0 aliphatic rings. The number of primary amides is 1. The maximum Gasteiger partial charge on any atom is 0.259 e. The number of sulfone groups is 1. The third-order valence-corrected chi connectivity index (χ3v) is 6.53. The predicted molar refractivity (Wildman–Crippen MR) is 102 cm³/mol. The molecule has 0 bridgehead atoms.